The van der Waals surface area contributed by atoms with Gasteiger partial charge < -0.3 is 0 Å². The van der Waals surface area contributed by atoms with Gasteiger partial charge in [-0.2, -0.15) is 0 Å². The molecule has 2 heteroatoms. The molecule has 1 aliphatic carbocycles. The fraction of sp³-hybridized carbons (Fsp3) is 0.984. The smallest absolute Gasteiger partial charge is 0.135 e. The van der Waals surface area contributed by atoms with Gasteiger partial charge in [-0.3, -0.25) is 9.69 Å². The highest BCUT2D eigenvalue weighted by atomic mass is 16.1. The van der Waals surface area contributed by atoms with Crippen LogP contribution in [0.3, 0.4) is 0 Å². The first-order valence-corrected chi connectivity index (χ1v) is 28.8. The molecule has 1 heterocycles. The van der Waals surface area contributed by atoms with Crippen LogP contribution in [0.1, 0.15) is 343 Å². The van der Waals surface area contributed by atoms with E-state index < -0.39 is 0 Å². The normalized spacial score (nSPS) is 17.6. The van der Waals surface area contributed by atoms with Gasteiger partial charge in [-0.05, 0) is 92.9 Å². The van der Waals surface area contributed by atoms with Crippen LogP contribution < -0.4 is 0 Å². The van der Waals surface area contributed by atoms with Gasteiger partial charge in [-0.1, -0.05) is 296 Å². The summed E-state index contributed by atoms with van der Waals surface area (Å²) in [6.45, 7) is 69.7. The number of ketones is 1. The third-order valence-electron chi connectivity index (χ3n) is 12.5. The van der Waals surface area contributed by atoms with Crippen LogP contribution in [0.25, 0.3) is 0 Å². The van der Waals surface area contributed by atoms with E-state index in [0.717, 1.165) is 23.8 Å². The molecule has 0 amide bonds. The van der Waals surface area contributed by atoms with Crippen LogP contribution in [-0.2, 0) is 4.79 Å². The maximum Gasteiger partial charge on any atom is 0.135 e. The molecule has 1 unspecified atom stereocenters. The molecule has 2 fully saturated rings. The van der Waals surface area contributed by atoms with E-state index in [4.69, 9.17) is 0 Å². The second kappa shape index (κ2) is 44.8. The molecule has 2 nitrogen and oxygen atoms in total. The van der Waals surface area contributed by atoms with Crippen molar-refractivity contribution in [1.29, 1.82) is 0 Å². The van der Waals surface area contributed by atoms with Crippen molar-refractivity contribution in [2.45, 2.75) is 355 Å². The van der Waals surface area contributed by atoms with Gasteiger partial charge in [0.1, 0.15) is 5.78 Å². The van der Waals surface area contributed by atoms with E-state index in [9.17, 15) is 4.79 Å². The van der Waals surface area contributed by atoms with Crippen LogP contribution >= 0.6 is 0 Å². The average molecular weight is 927 g/mol. The number of carbonyl (C=O) groups excluding carboxylic acids is 1. The molecular weight excluding hydrogens is 787 g/mol. The average Bonchev–Trinajstić information content (AvgIpc) is 3.70. The van der Waals surface area contributed by atoms with Gasteiger partial charge in [-0.25, -0.2) is 0 Å². The molecule has 0 aromatic carbocycles. The van der Waals surface area contributed by atoms with Crippen molar-refractivity contribution in [2.75, 3.05) is 6.54 Å². The molecule has 2 aliphatic rings. The molecule has 0 aromatic rings. The lowest BCUT2D eigenvalue weighted by Crippen LogP contribution is -2.49. The van der Waals surface area contributed by atoms with Gasteiger partial charge in [0.05, 0.1) is 0 Å². The van der Waals surface area contributed by atoms with Gasteiger partial charge in [0, 0.05) is 17.0 Å². The van der Waals surface area contributed by atoms with Crippen molar-refractivity contribution in [2.24, 2.45) is 44.8 Å². The quantitative estimate of drug-likeness (QED) is 0.192. The summed E-state index contributed by atoms with van der Waals surface area (Å²) in [6.07, 6.45) is 28.2. The van der Waals surface area contributed by atoms with Gasteiger partial charge in [0.2, 0.25) is 0 Å². The molecule has 2 rings (SSSR count). The van der Waals surface area contributed by atoms with Crippen molar-refractivity contribution in [1.82, 2.24) is 4.90 Å². The molecule has 1 aliphatic heterocycles. The summed E-state index contributed by atoms with van der Waals surface area (Å²) in [4.78, 5) is 13.1. The Kier molecular flexibility index (Phi) is 54.3. The first-order chi connectivity index (χ1) is 29.5. The van der Waals surface area contributed by atoms with Crippen molar-refractivity contribution in [3.63, 3.8) is 0 Å². The zero-order valence-corrected chi connectivity index (χ0v) is 52.5. The first-order valence-electron chi connectivity index (χ1n) is 28.8. The fourth-order valence-electron chi connectivity index (χ4n) is 7.90. The van der Waals surface area contributed by atoms with E-state index in [1.54, 1.807) is 6.92 Å². The maximum absolute atomic E-state index is 10.5. The summed E-state index contributed by atoms with van der Waals surface area (Å²) in [6, 6.07) is 0.771. The molecule has 0 aromatic heterocycles. The lowest BCUT2D eigenvalue weighted by atomic mass is 9.65. The molecule has 65 heavy (non-hydrogen) atoms. The number of hydrogen-bond donors (Lipinski definition) is 0. The largest absolute Gasteiger partial charge is 0.299 e. The molecule has 0 spiro atoms. The van der Waals surface area contributed by atoms with Crippen LogP contribution in [0.4, 0.5) is 0 Å². The van der Waals surface area contributed by atoms with Gasteiger partial charge in [-0.15, -0.1) is 0 Å². The lowest BCUT2D eigenvalue weighted by molar-refractivity contribution is -0.124. The highest BCUT2D eigenvalue weighted by molar-refractivity contribution is 5.80. The number of nitrogens with zero attached hydrogens (tertiary/aromatic N) is 1. The Labute approximate surface area is 419 Å². The van der Waals surface area contributed by atoms with Crippen LogP contribution in [0.5, 0.6) is 0 Å². The zero-order valence-electron chi connectivity index (χ0n) is 52.5. The standard InChI is InChI=1S/C21H44.C12H25N.C8H16.C6H12O.C6H14.2C3H8.2C2H6/c1-8-9-10-11-12-13-14-15-16-17-18-19(20(2,3)4)21(5,6)7;1-11(2,3)10-8-7-9-13(10)12(4,5)6;1-7-3-5-8(2)6-4-7;1-5(7)6(2,3)4;1-5-6(2,3)4;2*1-3-2;2*1-2/h19H,8-18H2,1-7H3;10H,7-9H2,1-6H3;7-8H,3-6H2,1-2H3;1-4H3;5H2,1-4H3;2*3H2,1-2H3;2*1-2H3. The predicted octanol–water partition coefficient (Wildman–Crippen LogP) is 23.1. The SMILES string of the molecule is CC.CC.CC(=O)C(C)(C)C.CC(C)(C)C1CCCN1C(C)(C)C.CC1CCC(C)CC1.CCC.CCC.CCC(C)(C)C.CCCCCCCCCCCCC(C(C)(C)C)C(C)(C)C. The third kappa shape index (κ3) is 57.9. The Bertz CT molecular complexity index is 880. The van der Waals surface area contributed by atoms with Crippen LogP contribution in [0.2, 0.25) is 0 Å². The van der Waals surface area contributed by atoms with Crippen molar-refractivity contribution in [3.8, 4) is 0 Å². The Balaban J connectivity index is -0.000000131. The number of likely N-dealkylation sites (tertiary alicyclic amines) is 1. The van der Waals surface area contributed by atoms with E-state index in [2.05, 4.69) is 164 Å². The molecule has 1 saturated heterocycles. The molecule has 0 bridgehead atoms. The predicted molar refractivity (Wildman–Crippen MR) is 309 cm³/mol. The number of rotatable bonds is 11. The van der Waals surface area contributed by atoms with Crippen molar-refractivity contribution < 1.29 is 4.79 Å². The van der Waals surface area contributed by atoms with Crippen molar-refractivity contribution in [3.05, 3.63) is 0 Å². The van der Waals surface area contributed by atoms with Crippen LogP contribution in [0, 0.1) is 44.8 Å². The second-order valence-electron chi connectivity index (χ2n) is 26.1. The monoisotopic (exact) mass is 926 g/mol. The minimum absolute atomic E-state index is 0.139. The molecular formula is C63H139NO. The maximum atomic E-state index is 10.5. The summed E-state index contributed by atoms with van der Waals surface area (Å²) in [5.74, 6) is 3.11. The Morgan fingerprint density at radius 1 is 0.508 bits per heavy atom. The zero-order chi connectivity index (χ0) is 53.3. The Morgan fingerprint density at radius 3 is 0.985 bits per heavy atom. The number of carbonyl (C=O) groups is 1. The van der Waals surface area contributed by atoms with Crippen LogP contribution in [-0.4, -0.2) is 28.8 Å². The summed E-state index contributed by atoms with van der Waals surface area (Å²) in [5, 5.41) is 0. The van der Waals surface area contributed by atoms with Gasteiger partial charge in [0.25, 0.3) is 0 Å². The van der Waals surface area contributed by atoms with E-state index in [-0.39, 0.29) is 11.2 Å². The van der Waals surface area contributed by atoms with Gasteiger partial charge in [0.15, 0.2) is 0 Å². The van der Waals surface area contributed by atoms with Gasteiger partial charge >= 0.3 is 0 Å². The fourth-order valence-corrected chi connectivity index (χ4v) is 7.90. The van der Waals surface area contributed by atoms with Crippen molar-refractivity contribution >= 4 is 5.78 Å². The summed E-state index contributed by atoms with van der Waals surface area (Å²) in [7, 11) is 0. The van der Waals surface area contributed by atoms with E-state index in [1.807, 2.05) is 48.5 Å². The summed E-state index contributed by atoms with van der Waals surface area (Å²) >= 11 is 0. The topological polar surface area (TPSA) is 20.3 Å². The molecule has 0 N–H and O–H groups in total. The Morgan fingerprint density at radius 2 is 0.785 bits per heavy atom. The molecule has 1 saturated carbocycles. The molecule has 402 valence electrons. The minimum Gasteiger partial charge on any atom is -0.299 e. The second-order valence-corrected chi connectivity index (χ2v) is 26.1. The lowest BCUT2D eigenvalue weighted by Gasteiger charge is -2.43. The molecule has 0 radical (unpaired) electrons. The highest BCUT2D eigenvalue weighted by Gasteiger charge is 2.39. The third-order valence-corrected chi connectivity index (χ3v) is 12.5. The van der Waals surface area contributed by atoms with E-state index in [0.29, 0.717) is 27.2 Å². The summed E-state index contributed by atoms with van der Waals surface area (Å²) < 4.78 is 0. The number of Topliss-reactive ketones (excluding diaryl/α,β-unsaturated/α-hetero) is 1. The van der Waals surface area contributed by atoms with Crippen LogP contribution in [0.15, 0.2) is 0 Å². The number of unbranched alkanes of at least 4 members (excludes halogenated alkanes) is 9. The first kappa shape index (κ1) is 78.8. The summed E-state index contributed by atoms with van der Waals surface area (Å²) in [5.41, 5.74) is 2.06. The number of hydrogen-bond acceptors (Lipinski definition) is 2. The van der Waals surface area contributed by atoms with E-state index in [1.165, 1.54) is 135 Å². The van der Waals surface area contributed by atoms with E-state index >= 15 is 0 Å². The molecule has 1 atom stereocenters. The Hall–Kier alpha value is -0.370. The minimum atomic E-state index is -0.139. The highest BCUT2D eigenvalue weighted by Crippen LogP contribution is 2.43.